The van der Waals surface area contributed by atoms with Crippen molar-refractivity contribution in [3.05, 3.63) is 48.0 Å². The summed E-state index contributed by atoms with van der Waals surface area (Å²) in [7, 11) is -3.05. The number of benzene rings is 2. The van der Waals surface area contributed by atoms with E-state index in [4.69, 9.17) is 5.73 Å². The van der Waals surface area contributed by atoms with Crippen molar-refractivity contribution in [3.63, 3.8) is 0 Å². The number of nitrogens with two attached hydrogens (primary N) is 1. The zero-order chi connectivity index (χ0) is 14.2. The van der Waals surface area contributed by atoms with E-state index in [-0.39, 0.29) is 5.75 Å². The van der Waals surface area contributed by atoms with Crippen LogP contribution in [-0.2, 0) is 9.84 Å². The van der Waals surface area contributed by atoms with Gasteiger partial charge in [0.05, 0.1) is 11.0 Å². The van der Waals surface area contributed by atoms with E-state index >= 15 is 0 Å². The molecule has 3 rings (SSSR count). The lowest BCUT2D eigenvalue weighted by Gasteiger charge is -2.28. The van der Waals surface area contributed by atoms with Crippen LogP contribution in [0, 0.1) is 0 Å². The molecule has 3 nitrogen and oxygen atoms in total. The summed E-state index contributed by atoms with van der Waals surface area (Å²) in [5, 5.41) is 1.82. The molecule has 0 amide bonds. The van der Waals surface area contributed by atoms with Gasteiger partial charge in [0, 0.05) is 6.04 Å². The Morgan fingerprint density at radius 2 is 1.80 bits per heavy atom. The van der Waals surface area contributed by atoms with Crippen LogP contribution in [0.3, 0.4) is 0 Å². The summed E-state index contributed by atoms with van der Waals surface area (Å²) in [5.74, 6) is 0.277. The quantitative estimate of drug-likeness (QED) is 0.924. The van der Waals surface area contributed by atoms with Gasteiger partial charge in [-0.25, -0.2) is 8.42 Å². The SMILES string of the molecule is NC(c1ccc2ccccc2c1)C1CCCCS1(=O)=O. The lowest BCUT2D eigenvalue weighted by Crippen LogP contribution is -2.37. The first-order chi connectivity index (χ1) is 9.58. The van der Waals surface area contributed by atoms with Crippen molar-refractivity contribution in [1.29, 1.82) is 0 Å². The average molecular weight is 289 g/mol. The Kier molecular flexibility index (Phi) is 3.52. The molecule has 2 unspecified atom stereocenters. The first-order valence-electron chi connectivity index (χ1n) is 7.04. The van der Waals surface area contributed by atoms with Crippen molar-refractivity contribution in [2.75, 3.05) is 5.75 Å². The predicted molar refractivity (Wildman–Crippen MR) is 82.3 cm³/mol. The second-order valence-corrected chi connectivity index (χ2v) is 7.87. The zero-order valence-corrected chi connectivity index (χ0v) is 12.1. The van der Waals surface area contributed by atoms with Gasteiger partial charge in [-0.2, -0.15) is 0 Å². The van der Waals surface area contributed by atoms with Crippen LogP contribution in [0.4, 0.5) is 0 Å². The molecule has 1 aliphatic heterocycles. The van der Waals surface area contributed by atoms with Gasteiger partial charge < -0.3 is 5.73 Å². The molecule has 1 saturated heterocycles. The maximum atomic E-state index is 12.2. The molecular weight excluding hydrogens is 270 g/mol. The van der Waals surface area contributed by atoms with Crippen LogP contribution in [0.15, 0.2) is 42.5 Å². The fourth-order valence-corrected chi connectivity index (χ4v) is 5.05. The van der Waals surface area contributed by atoms with Gasteiger partial charge in [0.25, 0.3) is 0 Å². The lowest BCUT2D eigenvalue weighted by atomic mass is 9.97. The zero-order valence-electron chi connectivity index (χ0n) is 11.3. The minimum absolute atomic E-state index is 0.277. The molecule has 1 heterocycles. The Morgan fingerprint density at radius 1 is 1.05 bits per heavy atom. The van der Waals surface area contributed by atoms with Crippen LogP contribution in [0.25, 0.3) is 10.8 Å². The van der Waals surface area contributed by atoms with Gasteiger partial charge >= 0.3 is 0 Å². The van der Waals surface area contributed by atoms with E-state index in [9.17, 15) is 8.42 Å². The summed E-state index contributed by atoms with van der Waals surface area (Å²) in [6.07, 6.45) is 2.39. The fourth-order valence-electron chi connectivity index (χ4n) is 3.01. The van der Waals surface area contributed by atoms with E-state index in [1.807, 2.05) is 42.5 Å². The molecule has 0 saturated carbocycles. The summed E-state index contributed by atoms with van der Waals surface area (Å²) in [5.41, 5.74) is 7.17. The Morgan fingerprint density at radius 3 is 2.55 bits per heavy atom. The third kappa shape index (κ3) is 2.45. The molecule has 2 N–H and O–H groups in total. The minimum atomic E-state index is -3.05. The summed E-state index contributed by atoms with van der Waals surface area (Å²) in [6, 6.07) is 13.6. The van der Waals surface area contributed by atoms with Crippen LogP contribution in [0.2, 0.25) is 0 Å². The van der Waals surface area contributed by atoms with Crippen LogP contribution in [-0.4, -0.2) is 19.4 Å². The summed E-state index contributed by atoms with van der Waals surface area (Å²) in [4.78, 5) is 0. The van der Waals surface area contributed by atoms with Gasteiger partial charge in [0.2, 0.25) is 0 Å². The van der Waals surface area contributed by atoms with Crippen molar-refractivity contribution in [3.8, 4) is 0 Å². The Balaban J connectivity index is 1.97. The molecule has 1 aliphatic rings. The molecule has 4 heteroatoms. The third-order valence-electron chi connectivity index (χ3n) is 4.19. The van der Waals surface area contributed by atoms with Crippen LogP contribution >= 0.6 is 0 Å². The number of rotatable bonds is 2. The van der Waals surface area contributed by atoms with Crippen molar-refractivity contribution in [2.24, 2.45) is 5.73 Å². The lowest BCUT2D eigenvalue weighted by molar-refractivity contribution is 0.505. The van der Waals surface area contributed by atoms with Gasteiger partial charge in [0.1, 0.15) is 0 Å². The molecule has 1 fully saturated rings. The molecule has 2 aromatic rings. The highest BCUT2D eigenvalue weighted by molar-refractivity contribution is 7.92. The molecular formula is C16H19NO2S. The van der Waals surface area contributed by atoms with E-state index < -0.39 is 21.1 Å². The molecule has 0 aromatic heterocycles. The van der Waals surface area contributed by atoms with Gasteiger partial charge in [-0.15, -0.1) is 0 Å². The molecule has 106 valence electrons. The monoisotopic (exact) mass is 289 g/mol. The van der Waals surface area contributed by atoms with E-state index in [0.717, 1.165) is 29.2 Å². The number of hydrogen-bond donors (Lipinski definition) is 1. The summed E-state index contributed by atoms with van der Waals surface area (Å²) in [6.45, 7) is 0. The maximum Gasteiger partial charge on any atom is 0.155 e. The average Bonchev–Trinajstić information content (AvgIpc) is 2.45. The van der Waals surface area contributed by atoms with Gasteiger partial charge in [-0.1, -0.05) is 42.8 Å². The third-order valence-corrected chi connectivity index (χ3v) is 6.50. The van der Waals surface area contributed by atoms with E-state index in [2.05, 4.69) is 0 Å². The highest BCUT2D eigenvalue weighted by Gasteiger charge is 2.34. The molecule has 2 aromatic carbocycles. The normalized spacial score (nSPS) is 23.6. The van der Waals surface area contributed by atoms with Gasteiger partial charge in [0.15, 0.2) is 9.84 Å². The van der Waals surface area contributed by atoms with Crippen molar-refractivity contribution < 1.29 is 8.42 Å². The standard InChI is InChI=1S/C16H19NO2S/c17-16(15-7-3-4-10-20(15,18)19)14-9-8-12-5-1-2-6-13(12)11-14/h1-2,5-6,8-9,11,15-16H,3-4,7,10,17H2. The van der Waals surface area contributed by atoms with Gasteiger partial charge in [-0.3, -0.25) is 0 Å². The van der Waals surface area contributed by atoms with E-state index in [0.29, 0.717) is 6.42 Å². The summed E-state index contributed by atoms with van der Waals surface area (Å²) < 4.78 is 24.4. The molecule has 0 aliphatic carbocycles. The Labute approximate surface area is 119 Å². The molecule has 0 radical (unpaired) electrons. The number of sulfone groups is 1. The highest BCUT2D eigenvalue weighted by atomic mass is 32.2. The van der Waals surface area contributed by atoms with Gasteiger partial charge in [-0.05, 0) is 35.2 Å². The predicted octanol–water partition coefficient (Wildman–Crippen LogP) is 2.81. The minimum Gasteiger partial charge on any atom is -0.323 e. The fraction of sp³-hybridized carbons (Fsp3) is 0.375. The maximum absolute atomic E-state index is 12.2. The molecule has 20 heavy (non-hydrogen) atoms. The number of hydrogen-bond acceptors (Lipinski definition) is 3. The van der Waals surface area contributed by atoms with Crippen LogP contribution in [0.1, 0.15) is 30.9 Å². The Bertz CT molecular complexity index is 724. The van der Waals surface area contributed by atoms with Crippen LogP contribution < -0.4 is 5.73 Å². The topological polar surface area (TPSA) is 60.2 Å². The highest BCUT2D eigenvalue weighted by Crippen LogP contribution is 2.30. The number of fused-ring (bicyclic) bond motifs is 1. The van der Waals surface area contributed by atoms with Crippen LogP contribution in [0.5, 0.6) is 0 Å². The first-order valence-corrected chi connectivity index (χ1v) is 8.75. The molecule has 0 bridgehead atoms. The van der Waals surface area contributed by atoms with Crippen molar-refractivity contribution >= 4 is 20.6 Å². The smallest absolute Gasteiger partial charge is 0.155 e. The largest absolute Gasteiger partial charge is 0.323 e. The molecule has 2 atom stereocenters. The van der Waals surface area contributed by atoms with E-state index in [1.54, 1.807) is 0 Å². The van der Waals surface area contributed by atoms with Crippen molar-refractivity contribution in [1.82, 2.24) is 0 Å². The Hall–Kier alpha value is -1.39. The second kappa shape index (κ2) is 5.19. The second-order valence-electron chi connectivity index (χ2n) is 5.53. The first kappa shape index (κ1) is 13.6. The van der Waals surface area contributed by atoms with Crippen molar-refractivity contribution in [2.45, 2.75) is 30.6 Å². The summed E-state index contributed by atoms with van der Waals surface area (Å²) >= 11 is 0. The van der Waals surface area contributed by atoms with E-state index in [1.165, 1.54) is 0 Å². The molecule has 0 spiro atoms.